The predicted molar refractivity (Wildman–Crippen MR) is 145 cm³/mol. The summed E-state index contributed by atoms with van der Waals surface area (Å²) < 4.78 is 8.87. The van der Waals surface area contributed by atoms with Crippen molar-refractivity contribution < 1.29 is 14.3 Å². The molecule has 0 bridgehead atoms. The highest BCUT2D eigenvalue weighted by Gasteiger charge is 2.19. The molecule has 0 aliphatic carbocycles. The molecule has 0 aliphatic heterocycles. The van der Waals surface area contributed by atoms with E-state index in [4.69, 9.17) is 4.74 Å². The van der Waals surface area contributed by atoms with Crippen LogP contribution >= 0.6 is 0 Å². The Balaban J connectivity index is 1.36. The lowest BCUT2D eigenvalue weighted by Gasteiger charge is -2.09. The van der Waals surface area contributed by atoms with Gasteiger partial charge in [0.2, 0.25) is 5.91 Å². The lowest BCUT2D eigenvalue weighted by Crippen LogP contribution is -2.23. The number of aryl methyl sites for hydroxylation is 1. The summed E-state index contributed by atoms with van der Waals surface area (Å²) in [5.74, 6) is 0.164. The fourth-order valence-corrected chi connectivity index (χ4v) is 3.92. The van der Waals surface area contributed by atoms with Crippen LogP contribution in [0.4, 0.5) is 11.4 Å². The fraction of sp³-hybridized carbons (Fsp3) is 0.207. The van der Waals surface area contributed by atoms with Crippen molar-refractivity contribution in [3.05, 3.63) is 106 Å². The van der Waals surface area contributed by atoms with Gasteiger partial charge in [0.05, 0.1) is 18.0 Å². The van der Waals surface area contributed by atoms with Crippen LogP contribution in [0.1, 0.15) is 34.5 Å². The molecule has 0 aliphatic rings. The number of carbonyl (C=O) groups excluding carboxylic acids is 2. The highest BCUT2D eigenvalue weighted by Crippen LogP contribution is 2.17. The van der Waals surface area contributed by atoms with E-state index in [0.717, 1.165) is 11.3 Å². The van der Waals surface area contributed by atoms with Crippen molar-refractivity contribution in [3.8, 4) is 11.4 Å². The predicted octanol–water partition coefficient (Wildman–Crippen LogP) is 4.84. The average molecular weight is 499 g/mol. The van der Waals surface area contributed by atoms with Gasteiger partial charge in [-0.15, -0.1) is 0 Å². The minimum Gasteiger partial charge on any atom is -0.494 e. The van der Waals surface area contributed by atoms with Gasteiger partial charge >= 0.3 is 0 Å². The molecule has 190 valence electrons. The third-order valence-corrected chi connectivity index (χ3v) is 6.04. The van der Waals surface area contributed by atoms with Crippen molar-refractivity contribution in [1.82, 2.24) is 9.36 Å². The van der Waals surface area contributed by atoms with E-state index in [1.807, 2.05) is 61.5 Å². The van der Waals surface area contributed by atoms with Crippen LogP contribution in [0.15, 0.2) is 83.7 Å². The lowest BCUT2D eigenvalue weighted by atomic mass is 10.1. The molecule has 0 radical (unpaired) electrons. The largest absolute Gasteiger partial charge is 0.494 e. The van der Waals surface area contributed by atoms with Crippen molar-refractivity contribution in [1.29, 1.82) is 0 Å². The van der Waals surface area contributed by atoms with E-state index < -0.39 is 5.91 Å². The molecule has 2 amide bonds. The molecular formula is C29H30N4O4. The monoisotopic (exact) mass is 498 g/mol. The Morgan fingerprint density at radius 1 is 0.892 bits per heavy atom. The van der Waals surface area contributed by atoms with Gasteiger partial charge in [-0.25, -0.2) is 4.68 Å². The zero-order valence-corrected chi connectivity index (χ0v) is 21.2. The first kappa shape index (κ1) is 25.5. The quantitative estimate of drug-likeness (QED) is 0.323. The molecular weight excluding hydrogens is 468 g/mol. The van der Waals surface area contributed by atoms with Crippen LogP contribution < -0.4 is 20.9 Å². The molecule has 8 nitrogen and oxygen atoms in total. The fourth-order valence-electron chi connectivity index (χ4n) is 3.92. The number of hydrogen-bond acceptors (Lipinski definition) is 4. The Labute approximate surface area is 215 Å². The van der Waals surface area contributed by atoms with Crippen molar-refractivity contribution in [2.45, 2.75) is 26.7 Å². The normalized spacial score (nSPS) is 10.7. The van der Waals surface area contributed by atoms with Crippen LogP contribution in [0, 0.1) is 13.8 Å². The maximum Gasteiger partial charge on any atom is 0.295 e. The standard InChI is InChI=1S/C29H30N4O4/c1-20-14-16-25(17-15-20)37-18-8-13-26(34)30-23-10-7-9-22(19-23)28(35)31-27-21(2)32(3)33(29(27)36)24-11-5-4-6-12-24/h4-7,9-12,14-17,19H,8,13,18H2,1-3H3,(H,30,34)(H,31,35). The van der Waals surface area contributed by atoms with E-state index in [9.17, 15) is 14.4 Å². The highest BCUT2D eigenvalue weighted by molar-refractivity contribution is 6.05. The number of para-hydroxylation sites is 1. The van der Waals surface area contributed by atoms with Gasteiger partial charge in [0, 0.05) is 24.7 Å². The van der Waals surface area contributed by atoms with Crippen LogP contribution in [-0.4, -0.2) is 27.8 Å². The molecule has 0 saturated heterocycles. The zero-order valence-electron chi connectivity index (χ0n) is 21.2. The lowest BCUT2D eigenvalue weighted by molar-refractivity contribution is -0.116. The molecule has 2 N–H and O–H groups in total. The van der Waals surface area contributed by atoms with Gasteiger partial charge in [-0.1, -0.05) is 42.0 Å². The third kappa shape index (κ3) is 6.16. The van der Waals surface area contributed by atoms with E-state index in [1.165, 1.54) is 4.68 Å². The summed E-state index contributed by atoms with van der Waals surface area (Å²) in [5, 5.41) is 5.57. The molecule has 4 aromatic rings. The van der Waals surface area contributed by atoms with Gasteiger partial charge in [-0.05, 0) is 62.7 Å². The van der Waals surface area contributed by atoms with Gasteiger partial charge in [0.1, 0.15) is 11.4 Å². The maximum absolute atomic E-state index is 13.1. The number of nitrogens with zero attached hydrogens (tertiary/aromatic N) is 2. The summed E-state index contributed by atoms with van der Waals surface area (Å²) in [6.07, 6.45) is 0.839. The number of amides is 2. The minimum absolute atomic E-state index is 0.172. The number of carbonyl (C=O) groups is 2. The van der Waals surface area contributed by atoms with Gasteiger partial charge in [-0.3, -0.25) is 19.1 Å². The van der Waals surface area contributed by atoms with Crippen LogP contribution in [0.25, 0.3) is 5.69 Å². The van der Waals surface area contributed by atoms with Gasteiger partial charge < -0.3 is 15.4 Å². The first-order valence-electron chi connectivity index (χ1n) is 12.1. The van der Waals surface area contributed by atoms with Crippen LogP contribution in [0.3, 0.4) is 0 Å². The van der Waals surface area contributed by atoms with Gasteiger partial charge in [0.15, 0.2) is 0 Å². The number of anilines is 2. The molecule has 0 unspecified atom stereocenters. The average Bonchev–Trinajstić information content (AvgIpc) is 3.11. The summed E-state index contributed by atoms with van der Waals surface area (Å²) in [5.41, 5.74) is 3.20. The van der Waals surface area contributed by atoms with E-state index in [2.05, 4.69) is 10.6 Å². The van der Waals surface area contributed by atoms with Gasteiger partial charge in [-0.2, -0.15) is 0 Å². The molecule has 0 atom stereocenters. The molecule has 37 heavy (non-hydrogen) atoms. The Morgan fingerprint density at radius 2 is 1.62 bits per heavy atom. The number of hydrogen-bond donors (Lipinski definition) is 2. The van der Waals surface area contributed by atoms with Gasteiger partial charge in [0.25, 0.3) is 11.5 Å². The van der Waals surface area contributed by atoms with Crippen molar-refractivity contribution in [2.24, 2.45) is 7.05 Å². The third-order valence-electron chi connectivity index (χ3n) is 6.04. The SMILES string of the molecule is Cc1ccc(OCCCC(=O)Nc2cccc(C(=O)Nc3c(C)n(C)n(-c4ccccc4)c3=O)c2)cc1. The zero-order chi connectivity index (χ0) is 26.4. The molecule has 0 saturated carbocycles. The van der Waals surface area contributed by atoms with E-state index >= 15 is 0 Å². The highest BCUT2D eigenvalue weighted by atomic mass is 16.5. The van der Waals surface area contributed by atoms with Crippen molar-refractivity contribution >= 4 is 23.2 Å². The number of ether oxygens (including phenoxy) is 1. The number of nitrogens with one attached hydrogen (secondary N) is 2. The second-order valence-electron chi connectivity index (χ2n) is 8.78. The molecule has 1 heterocycles. The Hall–Kier alpha value is -4.59. The summed E-state index contributed by atoms with van der Waals surface area (Å²) in [4.78, 5) is 38.5. The molecule has 8 heteroatoms. The number of rotatable bonds is 9. The summed E-state index contributed by atoms with van der Waals surface area (Å²) in [6, 6.07) is 23.6. The second-order valence-corrected chi connectivity index (χ2v) is 8.78. The molecule has 1 aromatic heterocycles. The van der Waals surface area contributed by atoms with Crippen LogP contribution in [0.5, 0.6) is 5.75 Å². The molecule has 4 rings (SSSR count). The van der Waals surface area contributed by atoms with Crippen molar-refractivity contribution in [3.63, 3.8) is 0 Å². The first-order chi connectivity index (χ1) is 17.8. The molecule has 0 spiro atoms. The van der Waals surface area contributed by atoms with E-state index in [-0.39, 0.29) is 23.6 Å². The molecule has 0 fully saturated rings. The van der Waals surface area contributed by atoms with E-state index in [0.29, 0.717) is 35.7 Å². The Kier molecular flexibility index (Phi) is 7.88. The summed E-state index contributed by atoms with van der Waals surface area (Å²) in [7, 11) is 1.77. The maximum atomic E-state index is 13.1. The summed E-state index contributed by atoms with van der Waals surface area (Å²) in [6.45, 7) is 4.21. The molecule has 3 aromatic carbocycles. The van der Waals surface area contributed by atoms with Crippen molar-refractivity contribution in [2.75, 3.05) is 17.2 Å². The van der Waals surface area contributed by atoms with E-state index in [1.54, 1.807) is 42.9 Å². The second kappa shape index (κ2) is 11.4. The minimum atomic E-state index is -0.436. The number of benzene rings is 3. The first-order valence-corrected chi connectivity index (χ1v) is 12.1. The van der Waals surface area contributed by atoms with Crippen LogP contribution in [-0.2, 0) is 11.8 Å². The van der Waals surface area contributed by atoms with Crippen LogP contribution in [0.2, 0.25) is 0 Å². The Morgan fingerprint density at radius 3 is 2.35 bits per heavy atom. The number of aromatic nitrogens is 2. The smallest absolute Gasteiger partial charge is 0.295 e. The Bertz CT molecular complexity index is 1450. The summed E-state index contributed by atoms with van der Waals surface area (Å²) >= 11 is 0. The topological polar surface area (TPSA) is 94.4 Å².